The van der Waals surface area contributed by atoms with Gasteiger partial charge in [-0.05, 0) is 43.4 Å². The average Bonchev–Trinajstić information content (AvgIpc) is 2.68. The number of nitrogens with zero attached hydrogens (tertiary/aromatic N) is 2. The van der Waals surface area contributed by atoms with Crippen LogP contribution in [0.5, 0.6) is 0 Å². The molecular weight excluding hydrogens is 326 g/mol. The highest BCUT2D eigenvalue weighted by atomic mass is 16.2. The highest BCUT2D eigenvalue weighted by Crippen LogP contribution is 2.18. The van der Waals surface area contributed by atoms with Crippen LogP contribution >= 0.6 is 0 Å². The fourth-order valence-electron chi connectivity index (χ4n) is 3.18. The van der Waals surface area contributed by atoms with Crippen LogP contribution in [-0.2, 0) is 0 Å². The summed E-state index contributed by atoms with van der Waals surface area (Å²) in [4.78, 5) is 31.2. The lowest BCUT2D eigenvalue weighted by molar-refractivity contribution is 0.0697. The summed E-state index contributed by atoms with van der Waals surface area (Å²) in [7, 11) is 0. The smallest absolute Gasteiger partial charge is 0.270 e. The first kappa shape index (κ1) is 18.1. The van der Waals surface area contributed by atoms with E-state index in [0.29, 0.717) is 11.5 Å². The number of hydrogen-bond acceptors (Lipinski definition) is 3. The van der Waals surface area contributed by atoms with E-state index in [9.17, 15) is 9.59 Å². The van der Waals surface area contributed by atoms with Gasteiger partial charge in [0.25, 0.3) is 11.8 Å². The van der Waals surface area contributed by atoms with Crippen LogP contribution in [0.15, 0.2) is 48.7 Å². The summed E-state index contributed by atoms with van der Waals surface area (Å²) in [6, 6.07) is 12.9. The monoisotopic (exact) mass is 351 g/mol. The Bertz CT molecular complexity index is 768. The molecule has 0 spiro atoms. The zero-order chi connectivity index (χ0) is 18.5. The predicted molar refractivity (Wildman–Crippen MR) is 101 cm³/mol. The molecule has 0 radical (unpaired) electrons. The van der Waals surface area contributed by atoms with Gasteiger partial charge >= 0.3 is 0 Å². The zero-order valence-electron chi connectivity index (χ0n) is 15.3. The minimum Gasteiger partial charge on any atom is -0.344 e. The minimum atomic E-state index is -0.275. The van der Waals surface area contributed by atoms with Crippen molar-refractivity contribution in [3.05, 3.63) is 65.5 Å². The Morgan fingerprint density at radius 1 is 1.15 bits per heavy atom. The van der Waals surface area contributed by atoms with Crippen LogP contribution in [0.2, 0.25) is 0 Å². The molecule has 1 aliphatic heterocycles. The molecule has 1 atom stereocenters. The summed E-state index contributed by atoms with van der Waals surface area (Å²) in [6.45, 7) is 5.69. The van der Waals surface area contributed by atoms with Crippen LogP contribution < -0.4 is 5.32 Å². The number of nitrogens with one attached hydrogen (secondary N) is 1. The maximum atomic E-state index is 12.7. The summed E-state index contributed by atoms with van der Waals surface area (Å²) in [6.07, 6.45) is 3.58. The van der Waals surface area contributed by atoms with Gasteiger partial charge in [-0.3, -0.25) is 14.6 Å². The normalized spacial score (nSPS) is 16.2. The van der Waals surface area contributed by atoms with Crippen molar-refractivity contribution in [1.29, 1.82) is 0 Å². The van der Waals surface area contributed by atoms with Gasteiger partial charge in [0.15, 0.2) is 0 Å². The number of hydrogen-bond donors (Lipinski definition) is 1. The van der Waals surface area contributed by atoms with Gasteiger partial charge in [0, 0.05) is 24.8 Å². The van der Waals surface area contributed by atoms with E-state index in [-0.39, 0.29) is 23.6 Å². The number of aromatic nitrogens is 1. The maximum Gasteiger partial charge on any atom is 0.270 e. The molecule has 1 aliphatic rings. The molecule has 1 N–H and O–H groups in total. The second-order valence-electron chi connectivity index (χ2n) is 7.01. The molecule has 5 nitrogen and oxygen atoms in total. The van der Waals surface area contributed by atoms with E-state index < -0.39 is 0 Å². The van der Waals surface area contributed by atoms with Gasteiger partial charge in [-0.2, -0.15) is 0 Å². The van der Waals surface area contributed by atoms with Crippen LogP contribution in [0.4, 0.5) is 0 Å². The first-order chi connectivity index (χ1) is 12.5. The van der Waals surface area contributed by atoms with E-state index in [4.69, 9.17) is 0 Å². The number of likely N-dealkylation sites (tertiary alicyclic amines) is 1. The Hall–Kier alpha value is -2.69. The van der Waals surface area contributed by atoms with Crippen LogP contribution in [0.25, 0.3) is 0 Å². The lowest BCUT2D eigenvalue weighted by atomic mass is 9.98. The van der Waals surface area contributed by atoms with Crippen molar-refractivity contribution < 1.29 is 9.59 Å². The molecule has 3 rings (SSSR count). The molecule has 136 valence electrons. The first-order valence-corrected chi connectivity index (χ1v) is 9.15. The predicted octanol–water partition coefficient (Wildman–Crippen LogP) is 3.44. The first-order valence-electron chi connectivity index (χ1n) is 9.15. The van der Waals surface area contributed by atoms with Crippen molar-refractivity contribution in [2.45, 2.75) is 32.7 Å². The lowest BCUT2D eigenvalue weighted by Gasteiger charge is -2.30. The summed E-state index contributed by atoms with van der Waals surface area (Å²) < 4.78 is 0. The Kier molecular flexibility index (Phi) is 5.66. The van der Waals surface area contributed by atoms with Crippen LogP contribution in [0.1, 0.15) is 59.1 Å². The fourth-order valence-corrected chi connectivity index (χ4v) is 3.18. The molecule has 1 aromatic carbocycles. The van der Waals surface area contributed by atoms with E-state index >= 15 is 0 Å². The number of carbonyl (C=O) groups is 2. The third kappa shape index (κ3) is 4.28. The summed E-state index contributed by atoms with van der Waals surface area (Å²) >= 11 is 0. The third-order valence-corrected chi connectivity index (χ3v) is 4.96. The standard InChI is InChI=1S/C21H25N3O2/c1-15-9-12-24(13-10-15)21(26)18-8-11-22-19(14-18)20(25)23-16(2)17-6-4-3-5-7-17/h3-8,11,14-16H,9-10,12-13H2,1-2H3,(H,23,25). The van der Waals surface area contributed by atoms with Gasteiger partial charge in [-0.15, -0.1) is 0 Å². The second-order valence-corrected chi connectivity index (χ2v) is 7.01. The molecule has 26 heavy (non-hydrogen) atoms. The lowest BCUT2D eigenvalue weighted by Crippen LogP contribution is -2.38. The maximum absolute atomic E-state index is 12.7. The van der Waals surface area contributed by atoms with Crippen molar-refractivity contribution in [2.75, 3.05) is 13.1 Å². The van der Waals surface area contributed by atoms with Gasteiger partial charge in [-0.1, -0.05) is 37.3 Å². The average molecular weight is 351 g/mol. The van der Waals surface area contributed by atoms with Crippen molar-refractivity contribution in [3.63, 3.8) is 0 Å². The van der Waals surface area contributed by atoms with Crippen molar-refractivity contribution in [1.82, 2.24) is 15.2 Å². The van der Waals surface area contributed by atoms with E-state index in [0.717, 1.165) is 31.5 Å². The van der Waals surface area contributed by atoms with Gasteiger partial charge < -0.3 is 10.2 Å². The number of piperidine rings is 1. The molecule has 1 saturated heterocycles. The third-order valence-electron chi connectivity index (χ3n) is 4.96. The molecule has 1 fully saturated rings. The molecule has 0 bridgehead atoms. The Labute approximate surface area is 154 Å². The minimum absolute atomic E-state index is 0.0237. The van der Waals surface area contributed by atoms with Gasteiger partial charge in [0.05, 0.1) is 6.04 Å². The second kappa shape index (κ2) is 8.13. The van der Waals surface area contributed by atoms with Crippen molar-refractivity contribution >= 4 is 11.8 Å². The van der Waals surface area contributed by atoms with E-state index in [1.54, 1.807) is 12.1 Å². The molecule has 2 aromatic rings. The quantitative estimate of drug-likeness (QED) is 0.918. The number of carbonyl (C=O) groups excluding carboxylic acids is 2. The van der Waals surface area contributed by atoms with Crippen LogP contribution in [0.3, 0.4) is 0 Å². The molecule has 5 heteroatoms. The highest BCUT2D eigenvalue weighted by molar-refractivity contribution is 5.98. The van der Waals surface area contributed by atoms with E-state index in [1.165, 1.54) is 6.20 Å². The molecular formula is C21H25N3O2. The molecule has 0 saturated carbocycles. The fraction of sp³-hybridized carbons (Fsp3) is 0.381. The summed E-state index contributed by atoms with van der Waals surface area (Å²) in [5, 5.41) is 2.94. The molecule has 2 heterocycles. The number of benzene rings is 1. The number of pyridine rings is 1. The van der Waals surface area contributed by atoms with Gasteiger partial charge in [0.2, 0.25) is 0 Å². The summed E-state index contributed by atoms with van der Waals surface area (Å²) in [5.41, 5.74) is 1.81. The SMILES string of the molecule is CC1CCN(C(=O)c2ccnc(C(=O)NC(C)c3ccccc3)c2)CC1. The van der Waals surface area contributed by atoms with Gasteiger partial charge in [0.1, 0.15) is 5.69 Å². The molecule has 2 amide bonds. The Morgan fingerprint density at radius 3 is 2.54 bits per heavy atom. The van der Waals surface area contributed by atoms with Crippen LogP contribution in [-0.4, -0.2) is 34.8 Å². The van der Waals surface area contributed by atoms with Gasteiger partial charge in [-0.25, -0.2) is 0 Å². The highest BCUT2D eigenvalue weighted by Gasteiger charge is 2.22. The zero-order valence-corrected chi connectivity index (χ0v) is 15.3. The Balaban J connectivity index is 1.68. The van der Waals surface area contributed by atoms with Crippen molar-refractivity contribution in [2.24, 2.45) is 5.92 Å². The van der Waals surface area contributed by atoms with E-state index in [1.807, 2.05) is 42.2 Å². The number of amides is 2. The Morgan fingerprint density at radius 2 is 1.85 bits per heavy atom. The van der Waals surface area contributed by atoms with Crippen molar-refractivity contribution in [3.8, 4) is 0 Å². The van der Waals surface area contributed by atoms with E-state index in [2.05, 4.69) is 17.2 Å². The topological polar surface area (TPSA) is 62.3 Å². The molecule has 0 aliphatic carbocycles. The van der Waals surface area contributed by atoms with Crippen LogP contribution in [0, 0.1) is 5.92 Å². The molecule has 1 aromatic heterocycles. The largest absolute Gasteiger partial charge is 0.344 e. The summed E-state index contributed by atoms with van der Waals surface area (Å²) in [5.74, 6) is 0.366. The number of rotatable bonds is 4. The molecule has 1 unspecified atom stereocenters.